The van der Waals surface area contributed by atoms with Gasteiger partial charge in [0, 0.05) is 18.7 Å². The van der Waals surface area contributed by atoms with Gasteiger partial charge >= 0.3 is 5.97 Å². The van der Waals surface area contributed by atoms with Gasteiger partial charge in [-0.2, -0.15) is 0 Å². The first-order valence-corrected chi connectivity index (χ1v) is 7.38. The summed E-state index contributed by atoms with van der Waals surface area (Å²) < 4.78 is 0. The number of benzene rings is 1. The summed E-state index contributed by atoms with van der Waals surface area (Å²) >= 11 is 1.23. The predicted octanol–water partition coefficient (Wildman–Crippen LogP) is 3.74. The first-order valence-electron chi connectivity index (χ1n) is 6.57. The summed E-state index contributed by atoms with van der Waals surface area (Å²) in [5.41, 5.74) is 1.39. The van der Waals surface area contributed by atoms with Crippen LogP contribution in [0, 0.1) is 0 Å². The van der Waals surface area contributed by atoms with Gasteiger partial charge in [0.2, 0.25) is 0 Å². The highest BCUT2D eigenvalue weighted by molar-refractivity contribution is 7.17. The Morgan fingerprint density at radius 1 is 1.40 bits per heavy atom. The second-order valence-electron chi connectivity index (χ2n) is 4.71. The quantitative estimate of drug-likeness (QED) is 0.911. The second kappa shape index (κ2) is 6.05. The molecule has 1 atom stereocenters. The van der Waals surface area contributed by atoms with Crippen molar-refractivity contribution in [2.24, 2.45) is 0 Å². The number of aromatic carboxylic acids is 1. The lowest BCUT2D eigenvalue weighted by Gasteiger charge is -2.22. The van der Waals surface area contributed by atoms with E-state index in [1.165, 1.54) is 11.3 Å². The molecule has 5 heteroatoms. The second-order valence-corrected chi connectivity index (χ2v) is 5.69. The molecule has 0 aliphatic rings. The Morgan fingerprint density at radius 2 is 2.05 bits per heavy atom. The fraction of sp³-hybridized carbons (Fsp3) is 0.333. The minimum Gasteiger partial charge on any atom is -0.477 e. The number of hydrogen-bond acceptors (Lipinski definition) is 4. The largest absolute Gasteiger partial charge is 0.477 e. The third-order valence-electron chi connectivity index (χ3n) is 3.41. The molecule has 0 fully saturated rings. The number of rotatable bonds is 5. The summed E-state index contributed by atoms with van der Waals surface area (Å²) in [6.07, 6.45) is 0.985. The monoisotopic (exact) mass is 290 g/mol. The number of aromatic nitrogens is 1. The summed E-state index contributed by atoms with van der Waals surface area (Å²) in [5, 5.41) is 10.1. The van der Waals surface area contributed by atoms with E-state index in [0.717, 1.165) is 17.1 Å². The maximum Gasteiger partial charge on any atom is 0.348 e. The number of carbonyl (C=O) groups is 1. The molecule has 0 spiro atoms. The molecule has 4 nitrogen and oxygen atoms in total. The van der Waals surface area contributed by atoms with E-state index in [-0.39, 0.29) is 0 Å². The van der Waals surface area contributed by atoms with Gasteiger partial charge in [-0.25, -0.2) is 9.78 Å². The molecule has 1 unspecified atom stereocenters. The molecule has 2 rings (SSSR count). The van der Waals surface area contributed by atoms with Gasteiger partial charge in [-0.3, -0.25) is 0 Å². The lowest BCUT2D eigenvalue weighted by molar-refractivity contribution is 0.0702. The Kier molecular flexibility index (Phi) is 4.39. The van der Waals surface area contributed by atoms with Crippen molar-refractivity contribution in [2.45, 2.75) is 26.3 Å². The van der Waals surface area contributed by atoms with E-state index < -0.39 is 5.97 Å². The van der Waals surface area contributed by atoms with Crippen molar-refractivity contribution in [3.8, 4) is 11.3 Å². The third kappa shape index (κ3) is 2.82. The summed E-state index contributed by atoms with van der Waals surface area (Å²) in [6.45, 7) is 4.20. The number of nitrogens with zero attached hydrogens (tertiary/aromatic N) is 2. The highest BCUT2D eigenvalue weighted by Gasteiger charge is 2.21. The van der Waals surface area contributed by atoms with Crippen LogP contribution in [0.2, 0.25) is 0 Å². The Balaban J connectivity index is 2.47. The smallest absolute Gasteiger partial charge is 0.348 e. The van der Waals surface area contributed by atoms with Crippen LogP contribution in [0.3, 0.4) is 0 Å². The van der Waals surface area contributed by atoms with Gasteiger partial charge in [0.25, 0.3) is 0 Å². The van der Waals surface area contributed by atoms with Crippen molar-refractivity contribution in [1.29, 1.82) is 0 Å². The zero-order chi connectivity index (χ0) is 14.7. The molecular formula is C15H18N2O2S. The van der Waals surface area contributed by atoms with Crippen LogP contribution in [0.4, 0.5) is 5.13 Å². The summed E-state index contributed by atoms with van der Waals surface area (Å²) in [5.74, 6) is -0.926. The molecule has 1 N–H and O–H groups in total. The molecule has 106 valence electrons. The molecular weight excluding hydrogens is 272 g/mol. The fourth-order valence-electron chi connectivity index (χ4n) is 1.86. The van der Waals surface area contributed by atoms with E-state index in [9.17, 15) is 9.90 Å². The van der Waals surface area contributed by atoms with Gasteiger partial charge in [0.15, 0.2) is 5.13 Å². The zero-order valence-corrected chi connectivity index (χ0v) is 12.6. The number of thiazole rings is 1. The predicted molar refractivity (Wildman–Crippen MR) is 82.7 cm³/mol. The standard InChI is InChI=1S/C15H18N2O2S/c1-4-10(2)17(3)15-16-12(13(20-15)14(18)19)11-8-6-5-7-9-11/h5-10H,4H2,1-3H3,(H,18,19). The van der Waals surface area contributed by atoms with Crippen molar-refractivity contribution in [3.63, 3.8) is 0 Å². The third-order valence-corrected chi connectivity index (χ3v) is 4.54. The van der Waals surface area contributed by atoms with E-state index >= 15 is 0 Å². The first kappa shape index (κ1) is 14.5. The molecule has 20 heavy (non-hydrogen) atoms. The average Bonchev–Trinajstić information content (AvgIpc) is 2.92. The number of carboxylic acids is 1. The highest BCUT2D eigenvalue weighted by Crippen LogP contribution is 2.33. The molecule has 0 aliphatic heterocycles. The van der Waals surface area contributed by atoms with Crippen molar-refractivity contribution in [3.05, 3.63) is 35.2 Å². The van der Waals surface area contributed by atoms with E-state index in [0.29, 0.717) is 16.6 Å². The van der Waals surface area contributed by atoms with Crippen LogP contribution in [-0.4, -0.2) is 29.1 Å². The van der Waals surface area contributed by atoms with Crippen LogP contribution in [0.25, 0.3) is 11.3 Å². The maximum atomic E-state index is 11.4. The normalized spacial score (nSPS) is 12.2. The average molecular weight is 290 g/mol. The van der Waals surface area contributed by atoms with Gasteiger partial charge in [0.05, 0.1) is 5.69 Å². The van der Waals surface area contributed by atoms with Crippen LogP contribution >= 0.6 is 11.3 Å². The van der Waals surface area contributed by atoms with Crippen LogP contribution in [0.15, 0.2) is 30.3 Å². The van der Waals surface area contributed by atoms with Crippen LogP contribution < -0.4 is 4.90 Å². The van der Waals surface area contributed by atoms with Crippen molar-refractivity contribution in [2.75, 3.05) is 11.9 Å². The molecule has 0 radical (unpaired) electrons. The first-order chi connectivity index (χ1) is 9.54. The Labute approximate surface area is 122 Å². The van der Waals surface area contributed by atoms with Gasteiger partial charge < -0.3 is 10.0 Å². The minimum atomic E-state index is -0.926. The molecule has 0 bridgehead atoms. The van der Waals surface area contributed by atoms with E-state index in [1.54, 1.807) is 0 Å². The van der Waals surface area contributed by atoms with Gasteiger partial charge in [-0.15, -0.1) is 0 Å². The van der Waals surface area contributed by atoms with Crippen LogP contribution in [-0.2, 0) is 0 Å². The van der Waals surface area contributed by atoms with E-state index in [4.69, 9.17) is 0 Å². The van der Waals surface area contributed by atoms with Crippen LogP contribution in [0.1, 0.15) is 29.9 Å². The SMILES string of the molecule is CCC(C)N(C)c1nc(-c2ccccc2)c(C(=O)O)s1. The molecule has 2 aromatic rings. The van der Waals surface area contributed by atoms with Gasteiger partial charge in [-0.1, -0.05) is 48.6 Å². The van der Waals surface area contributed by atoms with E-state index in [1.807, 2.05) is 42.3 Å². The molecule has 0 saturated heterocycles. The fourth-order valence-corrected chi connectivity index (χ4v) is 2.85. The van der Waals surface area contributed by atoms with E-state index in [2.05, 4.69) is 18.8 Å². The number of hydrogen-bond donors (Lipinski definition) is 1. The minimum absolute atomic E-state index is 0.293. The summed E-state index contributed by atoms with van der Waals surface area (Å²) in [7, 11) is 1.95. The molecule has 0 saturated carbocycles. The molecule has 1 aromatic carbocycles. The number of anilines is 1. The highest BCUT2D eigenvalue weighted by atomic mass is 32.1. The lowest BCUT2D eigenvalue weighted by Crippen LogP contribution is -2.27. The summed E-state index contributed by atoms with van der Waals surface area (Å²) in [6, 6.07) is 9.77. The number of carboxylic acid groups (broad SMARTS) is 1. The topological polar surface area (TPSA) is 53.4 Å². The Hall–Kier alpha value is -1.88. The van der Waals surface area contributed by atoms with Crippen molar-refractivity contribution < 1.29 is 9.90 Å². The van der Waals surface area contributed by atoms with Crippen LogP contribution in [0.5, 0.6) is 0 Å². The van der Waals surface area contributed by atoms with Gasteiger partial charge in [0.1, 0.15) is 4.88 Å². The molecule has 1 aromatic heterocycles. The summed E-state index contributed by atoms with van der Waals surface area (Å²) in [4.78, 5) is 18.3. The Morgan fingerprint density at radius 3 is 2.60 bits per heavy atom. The molecule has 0 amide bonds. The molecule has 1 heterocycles. The van der Waals surface area contributed by atoms with Crippen molar-refractivity contribution >= 4 is 22.4 Å². The molecule has 0 aliphatic carbocycles. The lowest BCUT2D eigenvalue weighted by atomic mass is 10.1. The Bertz CT molecular complexity index is 595. The maximum absolute atomic E-state index is 11.4. The zero-order valence-electron chi connectivity index (χ0n) is 11.8. The van der Waals surface area contributed by atoms with Gasteiger partial charge in [-0.05, 0) is 13.3 Å². The van der Waals surface area contributed by atoms with Crippen molar-refractivity contribution in [1.82, 2.24) is 4.98 Å².